The van der Waals surface area contributed by atoms with E-state index in [1.54, 1.807) is 36.0 Å². The molecule has 0 spiro atoms. The van der Waals surface area contributed by atoms with Crippen LogP contribution < -0.4 is 16.4 Å². The largest absolute Gasteiger partial charge is 0.399 e. The molecule has 2 heterocycles. The molecular formula is C16H22N4O2S. The molecule has 2 amide bonds. The Balaban J connectivity index is 1.46. The van der Waals surface area contributed by atoms with Crippen LogP contribution in [0.4, 0.5) is 11.4 Å². The number of nitrogens with two attached hydrogens (primary N) is 1. The summed E-state index contributed by atoms with van der Waals surface area (Å²) < 4.78 is 0. The average molecular weight is 334 g/mol. The number of nitrogens with zero attached hydrogens (tertiary/aromatic N) is 1. The van der Waals surface area contributed by atoms with Crippen LogP contribution in [0.5, 0.6) is 0 Å². The predicted molar refractivity (Wildman–Crippen MR) is 93.0 cm³/mol. The van der Waals surface area contributed by atoms with E-state index in [1.165, 1.54) is 0 Å². The minimum atomic E-state index is -0.136. The maximum absolute atomic E-state index is 12.3. The maximum atomic E-state index is 12.3. The summed E-state index contributed by atoms with van der Waals surface area (Å²) in [6.07, 6.45) is 1.16. The van der Waals surface area contributed by atoms with Crippen LogP contribution in [-0.2, 0) is 9.59 Å². The molecule has 2 atom stereocenters. The molecule has 124 valence electrons. The Kier molecular flexibility index (Phi) is 5.07. The smallest absolute Gasteiger partial charge is 0.240 e. The number of thioether (sulfide) groups is 1. The number of hydrogen-bond acceptors (Lipinski definition) is 5. The highest BCUT2D eigenvalue weighted by molar-refractivity contribution is 7.99. The normalized spacial score (nSPS) is 23.9. The molecule has 0 saturated carbocycles. The van der Waals surface area contributed by atoms with E-state index in [1.807, 2.05) is 4.90 Å². The third-order valence-corrected chi connectivity index (χ3v) is 5.22. The van der Waals surface area contributed by atoms with Gasteiger partial charge in [0.1, 0.15) is 0 Å². The Labute approximate surface area is 140 Å². The van der Waals surface area contributed by atoms with Gasteiger partial charge in [0.15, 0.2) is 0 Å². The number of anilines is 2. The highest BCUT2D eigenvalue weighted by Gasteiger charge is 2.34. The number of benzene rings is 1. The van der Waals surface area contributed by atoms with Gasteiger partial charge in [0.25, 0.3) is 0 Å². The third kappa shape index (κ3) is 4.17. The van der Waals surface area contributed by atoms with Crippen molar-refractivity contribution in [1.29, 1.82) is 0 Å². The van der Waals surface area contributed by atoms with Crippen LogP contribution in [0.25, 0.3) is 0 Å². The molecular weight excluding hydrogens is 312 g/mol. The Morgan fingerprint density at radius 1 is 1.35 bits per heavy atom. The summed E-state index contributed by atoms with van der Waals surface area (Å²) in [6, 6.07) is 6.96. The number of carbonyl (C=O) groups is 2. The summed E-state index contributed by atoms with van der Waals surface area (Å²) in [7, 11) is 0. The summed E-state index contributed by atoms with van der Waals surface area (Å²) >= 11 is 1.79. The lowest BCUT2D eigenvalue weighted by Gasteiger charge is -2.19. The average Bonchev–Trinajstić information content (AvgIpc) is 3.20. The van der Waals surface area contributed by atoms with E-state index in [2.05, 4.69) is 10.6 Å². The molecule has 2 aliphatic rings. The number of nitrogens with one attached hydrogen (secondary N) is 2. The van der Waals surface area contributed by atoms with E-state index in [4.69, 9.17) is 5.73 Å². The summed E-state index contributed by atoms with van der Waals surface area (Å²) in [6.45, 7) is 1.55. The van der Waals surface area contributed by atoms with Crippen molar-refractivity contribution in [3.63, 3.8) is 0 Å². The quantitative estimate of drug-likeness (QED) is 0.718. The molecule has 23 heavy (non-hydrogen) atoms. The van der Waals surface area contributed by atoms with Gasteiger partial charge >= 0.3 is 0 Å². The second-order valence-electron chi connectivity index (χ2n) is 6.08. The van der Waals surface area contributed by atoms with Crippen LogP contribution >= 0.6 is 11.8 Å². The van der Waals surface area contributed by atoms with Crippen molar-refractivity contribution in [1.82, 2.24) is 10.2 Å². The fraction of sp³-hybridized carbons (Fsp3) is 0.500. The van der Waals surface area contributed by atoms with Crippen molar-refractivity contribution in [3.8, 4) is 0 Å². The van der Waals surface area contributed by atoms with Gasteiger partial charge in [0.2, 0.25) is 11.8 Å². The van der Waals surface area contributed by atoms with Gasteiger partial charge in [-0.05, 0) is 43.1 Å². The number of rotatable bonds is 4. The van der Waals surface area contributed by atoms with Crippen LogP contribution in [0, 0.1) is 5.92 Å². The van der Waals surface area contributed by atoms with Crippen molar-refractivity contribution in [2.75, 3.05) is 35.8 Å². The molecule has 3 rings (SSSR count). The monoisotopic (exact) mass is 334 g/mol. The Morgan fingerprint density at radius 2 is 2.13 bits per heavy atom. The lowest BCUT2D eigenvalue weighted by atomic mass is 10.0. The van der Waals surface area contributed by atoms with Gasteiger partial charge < -0.3 is 21.3 Å². The first-order valence-electron chi connectivity index (χ1n) is 7.87. The molecule has 0 radical (unpaired) electrons. The molecule has 4 N–H and O–H groups in total. The fourth-order valence-electron chi connectivity index (χ4n) is 3.00. The van der Waals surface area contributed by atoms with E-state index in [0.29, 0.717) is 18.7 Å². The first kappa shape index (κ1) is 16.1. The van der Waals surface area contributed by atoms with Crippen molar-refractivity contribution < 1.29 is 9.59 Å². The van der Waals surface area contributed by atoms with E-state index >= 15 is 0 Å². The number of nitrogen functional groups attached to an aromatic ring is 1. The first-order valence-corrected chi connectivity index (χ1v) is 9.02. The van der Waals surface area contributed by atoms with Crippen LogP contribution in [0.3, 0.4) is 0 Å². The minimum absolute atomic E-state index is 0.0219. The Morgan fingerprint density at radius 3 is 2.83 bits per heavy atom. The van der Waals surface area contributed by atoms with Crippen molar-refractivity contribution in [2.45, 2.75) is 18.9 Å². The van der Waals surface area contributed by atoms with Gasteiger partial charge in [-0.25, -0.2) is 0 Å². The Hall–Kier alpha value is -1.73. The number of amides is 2. The standard InChI is InChI=1S/C16H22N4O2S/c17-12-1-3-13(4-2-12)19-15(21)8-11-7-14(18-9-11)16(22)20-5-6-23-10-20/h1-4,11,14,18H,5-10,17H2,(H,19,21). The van der Waals surface area contributed by atoms with Crippen LogP contribution in [0.15, 0.2) is 24.3 Å². The molecule has 2 fully saturated rings. The molecule has 0 bridgehead atoms. The molecule has 0 aliphatic carbocycles. The highest BCUT2D eigenvalue weighted by Crippen LogP contribution is 2.22. The predicted octanol–water partition coefficient (Wildman–Crippen LogP) is 1.11. The second kappa shape index (κ2) is 7.23. The maximum Gasteiger partial charge on any atom is 0.240 e. The van der Waals surface area contributed by atoms with E-state index < -0.39 is 0 Å². The van der Waals surface area contributed by atoms with Gasteiger partial charge in [-0.1, -0.05) is 0 Å². The highest BCUT2D eigenvalue weighted by atomic mass is 32.2. The second-order valence-corrected chi connectivity index (χ2v) is 7.15. The summed E-state index contributed by atoms with van der Waals surface area (Å²) in [5, 5.41) is 6.14. The third-order valence-electron chi connectivity index (χ3n) is 4.25. The lowest BCUT2D eigenvalue weighted by molar-refractivity contribution is -0.131. The molecule has 6 nitrogen and oxygen atoms in total. The summed E-state index contributed by atoms with van der Waals surface area (Å²) in [5.41, 5.74) is 7.04. The zero-order chi connectivity index (χ0) is 16.2. The van der Waals surface area contributed by atoms with Gasteiger partial charge in [-0.2, -0.15) is 0 Å². The molecule has 1 aromatic carbocycles. The lowest BCUT2D eigenvalue weighted by Crippen LogP contribution is -2.42. The number of carbonyl (C=O) groups excluding carboxylic acids is 2. The van der Waals surface area contributed by atoms with Gasteiger partial charge in [0, 0.05) is 30.1 Å². The molecule has 1 aromatic rings. The summed E-state index contributed by atoms with van der Waals surface area (Å²) in [4.78, 5) is 26.4. The van der Waals surface area contributed by atoms with E-state index in [9.17, 15) is 9.59 Å². The molecule has 7 heteroatoms. The molecule has 2 unspecified atom stereocenters. The molecule has 2 aliphatic heterocycles. The molecule has 0 aromatic heterocycles. The zero-order valence-corrected chi connectivity index (χ0v) is 13.8. The SMILES string of the molecule is Nc1ccc(NC(=O)CC2CNC(C(=O)N3CCSC3)C2)cc1. The summed E-state index contributed by atoms with van der Waals surface area (Å²) in [5.74, 6) is 2.17. The number of hydrogen-bond donors (Lipinski definition) is 3. The van der Waals surface area contributed by atoms with Gasteiger partial charge in [0.05, 0.1) is 11.9 Å². The molecule has 2 saturated heterocycles. The van der Waals surface area contributed by atoms with Crippen LogP contribution in [0.2, 0.25) is 0 Å². The van der Waals surface area contributed by atoms with Crippen LogP contribution in [-0.4, -0.2) is 47.5 Å². The first-order chi connectivity index (χ1) is 11.1. The topological polar surface area (TPSA) is 87.5 Å². The fourth-order valence-corrected chi connectivity index (χ4v) is 3.96. The Bertz CT molecular complexity index is 572. The zero-order valence-electron chi connectivity index (χ0n) is 13.0. The van der Waals surface area contributed by atoms with Crippen molar-refractivity contribution >= 4 is 35.0 Å². The van der Waals surface area contributed by atoms with E-state index in [-0.39, 0.29) is 23.8 Å². The van der Waals surface area contributed by atoms with Gasteiger partial charge in [-0.15, -0.1) is 11.8 Å². The van der Waals surface area contributed by atoms with Crippen molar-refractivity contribution in [3.05, 3.63) is 24.3 Å². The van der Waals surface area contributed by atoms with Gasteiger partial charge in [-0.3, -0.25) is 9.59 Å². The minimum Gasteiger partial charge on any atom is -0.399 e. The van der Waals surface area contributed by atoms with Crippen molar-refractivity contribution in [2.24, 2.45) is 5.92 Å². The van der Waals surface area contributed by atoms with Crippen LogP contribution in [0.1, 0.15) is 12.8 Å². The van der Waals surface area contributed by atoms with E-state index in [0.717, 1.165) is 30.3 Å².